The molecular weight excluding hydrogens is 204 g/mol. The van der Waals surface area contributed by atoms with Crippen LogP contribution in [0.3, 0.4) is 0 Å². The third-order valence-corrected chi connectivity index (χ3v) is 2.50. The molecule has 0 aliphatic rings. The van der Waals surface area contributed by atoms with E-state index >= 15 is 0 Å². The molecule has 0 unspecified atom stereocenters. The standard InChI is InChI=1S/C13H24O3/c1-3-5-6-7-8-9-10-16-13(15)11-12(14)4-2/h3-11H2,1-2H3. The lowest BCUT2D eigenvalue weighted by Gasteiger charge is -2.03. The Kier molecular flexibility index (Phi) is 10.1. The molecule has 16 heavy (non-hydrogen) atoms. The van der Waals surface area contributed by atoms with Gasteiger partial charge < -0.3 is 4.74 Å². The van der Waals surface area contributed by atoms with Gasteiger partial charge in [0.15, 0.2) is 0 Å². The van der Waals surface area contributed by atoms with Crippen molar-refractivity contribution >= 4 is 11.8 Å². The number of esters is 1. The molecule has 0 amide bonds. The molecule has 0 saturated heterocycles. The van der Waals surface area contributed by atoms with E-state index in [4.69, 9.17) is 4.74 Å². The number of hydrogen-bond donors (Lipinski definition) is 0. The van der Waals surface area contributed by atoms with Crippen LogP contribution in [0.15, 0.2) is 0 Å². The summed E-state index contributed by atoms with van der Waals surface area (Å²) in [5.41, 5.74) is 0. The minimum absolute atomic E-state index is 0.0482. The van der Waals surface area contributed by atoms with Gasteiger partial charge in [-0.15, -0.1) is 0 Å². The number of rotatable bonds is 10. The third kappa shape index (κ3) is 9.69. The van der Waals surface area contributed by atoms with Gasteiger partial charge in [0.05, 0.1) is 6.61 Å². The van der Waals surface area contributed by atoms with Crippen LogP contribution in [0.2, 0.25) is 0 Å². The van der Waals surface area contributed by atoms with Gasteiger partial charge in [-0.1, -0.05) is 46.0 Å². The second-order valence-corrected chi connectivity index (χ2v) is 4.06. The van der Waals surface area contributed by atoms with Crippen molar-refractivity contribution in [3.8, 4) is 0 Å². The fourth-order valence-electron chi connectivity index (χ4n) is 1.41. The van der Waals surface area contributed by atoms with Crippen LogP contribution in [0.25, 0.3) is 0 Å². The topological polar surface area (TPSA) is 43.4 Å². The summed E-state index contributed by atoms with van der Waals surface area (Å²) in [5.74, 6) is -0.423. The zero-order valence-corrected chi connectivity index (χ0v) is 10.6. The van der Waals surface area contributed by atoms with Gasteiger partial charge in [0, 0.05) is 6.42 Å². The minimum Gasteiger partial charge on any atom is -0.465 e. The molecule has 0 fully saturated rings. The van der Waals surface area contributed by atoms with E-state index in [-0.39, 0.29) is 18.2 Å². The van der Waals surface area contributed by atoms with Crippen LogP contribution >= 0.6 is 0 Å². The molecule has 0 rings (SSSR count). The molecule has 3 nitrogen and oxygen atoms in total. The van der Waals surface area contributed by atoms with E-state index in [0.717, 1.165) is 12.8 Å². The summed E-state index contributed by atoms with van der Waals surface area (Å²) in [6, 6.07) is 0. The molecule has 0 aliphatic carbocycles. The number of ketones is 1. The fraction of sp³-hybridized carbons (Fsp3) is 0.846. The number of carbonyl (C=O) groups excluding carboxylic acids is 2. The van der Waals surface area contributed by atoms with E-state index in [9.17, 15) is 9.59 Å². The Morgan fingerprint density at radius 3 is 2.19 bits per heavy atom. The Labute approximate surface area is 98.6 Å². The summed E-state index contributed by atoms with van der Waals surface area (Å²) in [4.78, 5) is 22.0. The van der Waals surface area contributed by atoms with Gasteiger partial charge in [-0.3, -0.25) is 9.59 Å². The Morgan fingerprint density at radius 1 is 0.938 bits per heavy atom. The monoisotopic (exact) mass is 228 g/mol. The maximum Gasteiger partial charge on any atom is 0.313 e. The van der Waals surface area contributed by atoms with Crippen LogP contribution in [0.5, 0.6) is 0 Å². The maximum atomic E-state index is 11.1. The molecule has 94 valence electrons. The number of ether oxygens (including phenoxy) is 1. The van der Waals surface area contributed by atoms with Gasteiger partial charge in [0.25, 0.3) is 0 Å². The molecule has 3 heteroatoms. The number of carbonyl (C=O) groups is 2. The highest BCUT2D eigenvalue weighted by atomic mass is 16.5. The van der Waals surface area contributed by atoms with Crippen LogP contribution in [0.1, 0.15) is 65.2 Å². The lowest BCUT2D eigenvalue weighted by molar-refractivity contribution is -0.146. The molecule has 0 aromatic rings. The molecule has 0 aliphatic heterocycles. The molecule has 0 atom stereocenters. The summed E-state index contributed by atoms with van der Waals surface area (Å²) in [7, 11) is 0. The number of Topliss-reactive ketones (excluding diaryl/α,β-unsaturated/α-hetero) is 1. The maximum absolute atomic E-state index is 11.1. The van der Waals surface area contributed by atoms with Crippen LogP contribution in [-0.4, -0.2) is 18.4 Å². The predicted molar refractivity (Wildman–Crippen MR) is 64.3 cm³/mol. The second-order valence-electron chi connectivity index (χ2n) is 4.06. The van der Waals surface area contributed by atoms with Crippen molar-refractivity contribution in [2.45, 2.75) is 65.2 Å². The van der Waals surface area contributed by atoms with Crippen molar-refractivity contribution in [1.29, 1.82) is 0 Å². The zero-order chi connectivity index (χ0) is 12.2. The Hall–Kier alpha value is -0.860. The Morgan fingerprint density at radius 2 is 1.56 bits per heavy atom. The normalized spacial score (nSPS) is 10.1. The highest BCUT2D eigenvalue weighted by molar-refractivity contribution is 5.95. The summed E-state index contributed by atoms with van der Waals surface area (Å²) in [5, 5.41) is 0. The van der Waals surface area contributed by atoms with Crippen molar-refractivity contribution in [2.75, 3.05) is 6.61 Å². The summed E-state index contributed by atoms with van der Waals surface area (Å²) >= 11 is 0. The molecular formula is C13H24O3. The molecule has 0 radical (unpaired) electrons. The molecule has 0 bridgehead atoms. The van der Waals surface area contributed by atoms with E-state index in [2.05, 4.69) is 6.92 Å². The van der Waals surface area contributed by atoms with Gasteiger partial charge in [0.2, 0.25) is 0 Å². The first-order valence-corrected chi connectivity index (χ1v) is 6.38. The highest BCUT2D eigenvalue weighted by Gasteiger charge is 2.07. The van der Waals surface area contributed by atoms with Crippen LogP contribution in [0, 0.1) is 0 Å². The molecule has 0 N–H and O–H groups in total. The van der Waals surface area contributed by atoms with E-state index < -0.39 is 0 Å². The molecule has 0 saturated carbocycles. The van der Waals surface area contributed by atoms with Crippen molar-refractivity contribution in [3.63, 3.8) is 0 Å². The average Bonchev–Trinajstić information content (AvgIpc) is 2.27. The van der Waals surface area contributed by atoms with Gasteiger partial charge in [-0.2, -0.15) is 0 Å². The summed E-state index contributed by atoms with van der Waals surface area (Å²) < 4.78 is 4.96. The van der Waals surface area contributed by atoms with Gasteiger partial charge in [0.1, 0.15) is 12.2 Å². The summed E-state index contributed by atoms with van der Waals surface area (Å²) in [6.07, 6.45) is 7.36. The third-order valence-electron chi connectivity index (χ3n) is 2.50. The van der Waals surface area contributed by atoms with Crippen molar-refractivity contribution in [2.24, 2.45) is 0 Å². The quantitative estimate of drug-likeness (QED) is 0.327. The fourth-order valence-corrected chi connectivity index (χ4v) is 1.41. The molecule has 0 aromatic carbocycles. The predicted octanol–water partition coefficient (Wildman–Crippen LogP) is 3.26. The van der Waals surface area contributed by atoms with Crippen LogP contribution < -0.4 is 0 Å². The molecule has 0 heterocycles. The first kappa shape index (κ1) is 15.1. The largest absolute Gasteiger partial charge is 0.465 e. The number of hydrogen-bond acceptors (Lipinski definition) is 3. The smallest absolute Gasteiger partial charge is 0.313 e. The van der Waals surface area contributed by atoms with Crippen LogP contribution in [-0.2, 0) is 14.3 Å². The SMILES string of the molecule is CCCCCCCCOC(=O)CC(=O)CC. The van der Waals surface area contributed by atoms with E-state index in [1.807, 2.05) is 0 Å². The number of unbranched alkanes of at least 4 members (excludes halogenated alkanes) is 5. The average molecular weight is 228 g/mol. The Bertz CT molecular complexity index is 199. The van der Waals surface area contributed by atoms with E-state index in [1.54, 1.807) is 6.92 Å². The summed E-state index contributed by atoms with van der Waals surface area (Å²) in [6.45, 7) is 4.40. The van der Waals surface area contributed by atoms with Crippen molar-refractivity contribution in [1.82, 2.24) is 0 Å². The van der Waals surface area contributed by atoms with E-state index in [1.165, 1.54) is 25.7 Å². The molecule has 0 spiro atoms. The van der Waals surface area contributed by atoms with Crippen molar-refractivity contribution in [3.05, 3.63) is 0 Å². The lowest BCUT2D eigenvalue weighted by atomic mass is 10.1. The first-order chi connectivity index (χ1) is 7.70. The van der Waals surface area contributed by atoms with Gasteiger partial charge >= 0.3 is 5.97 Å². The van der Waals surface area contributed by atoms with Crippen molar-refractivity contribution < 1.29 is 14.3 Å². The molecule has 0 aromatic heterocycles. The highest BCUT2D eigenvalue weighted by Crippen LogP contribution is 2.05. The van der Waals surface area contributed by atoms with E-state index in [0.29, 0.717) is 13.0 Å². The Balaban J connectivity index is 3.24. The van der Waals surface area contributed by atoms with Gasteiger partial charge in [-0.05, 0) is 6.42 Å². The zero-order valence-electron chi connectivity index (χ0n) is 10.6. The minimum atomic E-state index is -0.375. The van der Waals surface area contributed by atoms with Crippen LogP contribution in [0.4, 0.5) is 0 Å². The lowest BCUT2D eigenvalue weighted by Crippen LogP contribution is -2.11. The second kappa shape index (κ2) is 10.7. The van der Waals surface area contributed by atoms with Gasteiger partial charge in [-0.25, -0.2) is 0 Å². The first-order valence-electron chi connectivity index (χ1n) is 6.38.